The molecule has 4 nitrogen and oxygen atoms in total. The van der Waals surface area contributed by atoms with Crippen LogP contribution in [0.5, 0.6) is 0 Å². The van der Waals surface area contributed by atoms with E-state index in [1.807, 2.05) is 6.08 Å². The average Bonchev–Trinajstić information content (AvgIpc) is 2.21. The number of aliphatic carboxylic acids is 1. The van der Waals surface area contributed by atoms with Crippen molar-refractivity contribution in [1.29, 1.82) is 0 Å². The van der Waals surface area contributed by atoms with Gasteiger partial charge in [-0.1, -0.05) is 31.9 Å². The van der Waals surface area contributed by atoms with Gasteiger partial charge in [0.05, 0.1) is 12.5 Å². The molecule has 0 aliphatic rings. The summed E-state index contributed by atoms with van der Waals surface area (Å²) in [6, 6.07) is 0. The summed E-state index contributed by atoms with van der Waals surface area (Å²) in [5, 5.41) is 8.83. The molecule has 1 unspecified atom stereocenters. The molecule has 94 valence electrons. The predicted octanol–water partition coefficient (Wildman–Crippen LogP) is 1.77. The first kappa shape index (κ1) is 17.5. The SMILES string of the molecule is CCCCC=CC(CC(=O)CN)C(=O)O.Cl. The second kappa shape index (κ2) is 10.6. The molecule has 0 aromatic heterocycles. The van der Waals surface area contributed by atoms with Gasteiger partial charge in [-0.25, -0.2) is 0 Å². The van der Waals surface area contributed by atoms with E-state index in [1.165, 1.54) is 0 Å². The zero-order valence-electron chi connectivity index (χ0n) is 9.52. The van der Waals surface area contributed by atoms with Crippen molar-refractivity contribution in [2.45, 2.75) is 32.6 Å². The highest BCUT2D eigenvalue weighted by Crippen LogP contribution is 2.07. The third kappa shape index (κ3) is 8.44. The largest absolute Gasteiger partial charge is 0.481 e. The molecule has 1 atom stereocenters. The number of ketones is 1. The minimum absolute atomic E-state index is 0. The third-order valence-electron chi connectivity index (χ3n) is 2.09. The van der Waals surface area contributed by atoms with Gasteiger partial charge in [0.2, 0.25) is 0 Å². The van der Waals surface area contributed by atoms with E-state index in [-0.39, 0.29) is 31.2 Å². The van der Waals surface area contributed by atoms with Gasteiger partial charge in [-0.3, -0.25) is 9.59 Å². The Morgan fingerprint density at radius 2 is 2.06 bits per heavy atom. The van der Waals surface area contributed by atoms with E-state index in [0.717, 1.165) is 19.3 Å². The molecule has 0 saturated heterocycles. The van der Waals surface area contributed by atoms with Gasteiger partial charge in [0.25, 0.3) is 0 Å². The van der Waals surface area contributed by atoms with Crippen molar-refractivity contribution in [3.8, 4) is 0 Å². The molecule has 0 fully saturated rings. The highest BCUT2D eigenvalue weighted by Gasteiger charge is 2.16. The first-order chi connectivity index (χ1) is 7.11. The number of carboxylic acids is 1. The maximum atomic E-state index is 11.0. The third-order valence-corrected chi connectivity index (χ3v) is 2.09. The van der Waals surface area contributed by atoms with Crippen LogP contribution in [0, 0.1) is 5.92 Å². The summed E-state index contributed by atoms with van der Waals surface area (Å²) < 4.78 is 0. The molecular formula is C11H20ClNO3. The topological polar surface area (TPSA) is 80.4 Å². The van der Waals surface area contributed by atoms with Gasteiger partial charge in [-0.15, -0.1) is 12.4 Å². The number of carbonyl (C=O) groups is 2. The van der Waals surface area contributed by atoms with Crippen LogP contribution < -0.4 is 5.73 Å². The Hall–Kier alpha value is -0.870. The maximum Gasteiger partial charge on any atom is 0.310 e. The summed E-state index contributed by atoms with van der Waals surface area (Å²) in [4.78, 5) is 21.8. The number of hydrogen-bond donors (Lipinski definition) is 2. The molecular weight excluding hydrogens is 230 g/mol. The maximum absolute atomic E-state index is 11.0. The quantitative estimate of drug-likeness (QED) is 0.508. The summed E-state index contributed by atoms with van der Waals surface area (Å²) in [5.74, 6) is -1.91. The number of hydrogen-bond acceptors (Lipinski definition) is 3. The van der Waals surface area contributed by atoms with Crippen LogP contribution in [-0.2, 0) is 9.59 Å². The molecule has 0 spiro atoms. The van der Waals surface area contributed by atoms with Crippen LogP contribution in [-0.4, -0.2) is 23.4 Å². The summed E-state index contributed by atoms with van der Waals surface area (Å²) in [6.45, 7) is 1.98. The lowest BCUT2D eigenvalue weighted by Gasteiger charge is -2.05. The highest BCUT2D eigenvalue weighted by molar-refractivity contribution is 5.86. The van der Waals surface area contributed by atoms with Crippen LogP contribution in [0.3, 0.4) is 0 Å². The molecule has 0 bridgehead atoms. The summed E-state index contributed by atoms with van der Waals surface area (Å²) in [5.41, 5.74) is 5.13. The van der Waals surface area contributed by atoms with Gasteiger partial charge in [0.1, 0.15) is 5.78 Å². The number of allylic oxidation sites excluding steroid dienone is 1. The first-order valence-electron chi connectivity index (χ1n) is 5.23. The van der Waals surface area contributed by atoms with Crippen LogP contribution in [0.15, 0.2) is 12.2 Å². The molecule has 0 radical (unpaired) electrons. The molecule has 16 heavy (non-hydrogen) atoms. The van der Waals surface area contributed by atoms with Crippen LogP contribution in [0.2, 0.25) is 0 Å². The lowest BCUT2D eigenvalue weighted by molar-refractivity contribution is -0.141. The Morgan fingerprint density at radius 3 is 2.50 bits per heavy atom. The van der Waals surface area contributed by atoms with Gasteiger partial charge in [0, 0.05) is 6.42 Å². The van der Waals surface area contributed by atoms with Gasteiger partial charge in [-0.05, 0) is 6.42 Å². The van der Waals surface area contributed by atoms with Crippen molar-refractivity contribution >= 4 is 24.2 Å². The van der Waals surface area contributed by atoms with Crippen molar-refractivity contribution in [3.05, 3.63) is 12.2 Å². The minimum atomic E-state index is -0.968. The molecule has 0 aliphatic carbocycles. The number of rotatable bonds is 8. The van der Waals surface area contributed by atoms with Gasteiger partial charge in [-0.2, -0.15) is 0 Å². The molecule has 0 aromatic carbocycles. The van der Waals surface area contributed by atoms with Crippen molar-refractivity contribution in [2.75, 3.05) is 6.54 Å². The van der Waals surface area contributed by atoms with E-state index in [2.05, 4.69) is 6.92 Å². The molecule has 0 heterocycles. The molecule has 5 heteroatoms. The lowest BCUT2D eigenvalue weighted by atomic mass is 10.0. The molecule has 0 amide bonds. The van der Waals surface area contributed by atoms with E-state index in [0.29, 0.717) is 0 Å². The Kier molecular flexibility index (Phi) is 11.7. The lowest BCUT2D eigenvalue weighted by Crippen LogP contribution is -2.21. The Bertz CT molecular complexity index is 241. The van der Waals surface area contributed by atoms with Gasteiger partial charge < -0.3 is 10.8 Å². The second-order valence-corrected chi connectivity index (χ2v) is 3.46. The van der Waals surface area contributed by atoms with Gasteiger partial charge in [0.15, 0.2) is 0 Å². The molecule has 3 N–H and O–H groups in total. The molecule has 0 saturated carbocycles. The first-order valence-corrected chi connectivity index (χ1v) is 5.23. The van der Waals surface area contributed by atoms with Crippen LogP contribution in [0.25, 0.3) is 0 Å². The van der Waals surface area contributed by atoms with E-state index in [9.17, 15) is 9.59 Å². The number of halogens is 1. The number of carboxylic acid groups (broad SMARTS) is 1. The fourth-order valence-electron chi connectivity index (χ4n) is 1.15. The summed E-state index contributed by atoms with van der Waals surface area (Å²) in [7, 11) is 0. The second-order valence-electron chi connectivity index (χ2n) is 3.46. The van der Waals surface area contributed by atoms with Gasteiger partial charge >= 0.3 is 5.97 Å². The molecule has 0 rings (SSSR count). The van der Waals surface area contributed by atoms with Crippen LogP contribution >= 0.6 is 12.4 Å². The standard InChI is InChI=1S/C11H19NO3.ClH/c1-2-3-4-5-6-9(11(14)15)7-10(13)8-12;/h5-6,9H,2-4,7-8,12H2,1H3,(H,14,15);1H. The monoisotopic (exact) mass is 249 g/mol. The zero-order chi connectivity index (χ0) is 11.7. The van der Waals surface area contributed by atoms with Crippen molar-refractivity contribution in [1.82, 2.24) is 0 Å². The fourth-order valence-corrected chi connectivity index (χ4v) is 1.15. The normalized spacial score (nSPS) is 12.1. The summed E-state index contributed by atoms with van der Waals surface area (Å²) in [6.07, 6.45) is 6.38. The van der Waals surface area contributed by atoms with Crippen molar-refractivity contribution < 1.29 is 14.7 Å². The zero-order valence-corrected chi connectivity index (χ0v) is 10.3. The molecule has 0 aromatic rings. The van der Waals surface area contributed by atoms with E-state index in [1.54, 1.807) is 6.08 Å². The number of carbonyl (C=O) groups excluding carboxylic acids is 1. The Balaban J connectivity index is 0. The Labute approximate surface area is 102 Å². The molecule has 0 aliphatic heterocycles. The highest BCUT2D eigenvalue weighted by atomic mass is 35.5. The van der Waals surface area contributed by atoms with Crippen LogP contribution in [0.1, 0.15) is 32.6 Å². The van der Waals surface area contributed by atoms with Crippen LogP contribution in [0.4, 0.5) is 0 Å². The number of unbranched alkanes of at least 4 members (excludes halogenated alkanes) is 2. The number of Topliss-reactive ketones (excluding diaryl/α,β-unsaturated/α-hetero) is 1. The minimum Gasteiger partial charge on any atom is -0.481 e. The smallest absolute Gasteiger partial charge is 0.310 e. The Morgan fingerprint density at radius 1 is 1.44 bits per heavy atom. The van der Waals surface area contributed by atoms with E-state index >= 15 is 0 Å². The average molecular weight is 250 g/mol. The summed E-state index contributed by atoms with van der Waals surface area (Å²) >= 11 is 0. The predicted molar refractivity (Wildman–Crippen MR) is 65.7 cm³/mol. The van der Waals surface area contributed by atoms with E-state index in [4.69, 9.17) is 10.8 Å². The van der Waals surface area contributed by atoms with E-state index < -0.39 is 11.9 Å². The van der Waals surface area contributed by atoms with Crippen molar-refractivity contribution in [2.24, 2.45) is 11.7 Å². The number of nitrogens with two attached hydrogens (primary N) is 1. The fraction of sp³-hybridized carbons (Fsp3) is 0.636. The van der Waals surface area contributed by atoms with Crippen molar-refractivity contribution in [3.63, 3.8) is 0 Å².